The van der Waals surface area contributed by atoms with Crippen LogP contribution in [-0.2, 0) is 0 Å². The molecule has 0 aliphatic carbocycles. The van der Waals surface area contributed by atoms with Crippen LogP contribution in [0.4, 0.5) is 0 Å². The molecule has 0 aliphatic heterocycles. The summed E-state index contributed by atoms with van der Waals surface area (Å²) >= 11 is 5.98. The third-order valence-electron chi connectivity index (χ3n) is 5.99. The Morgan fingerprint density at radius 2 is 0.917 bits per heavy atom. The molecule has 1 nitrogen and oxygen atoms in total. The number of benzene rings is 5. The van der Waals surface area contributed by atoms with Gasteiger partial charge in [-0.2, -0.15) is 0 Å². The Morgan fingerprint density at radius 1 is 0.528 bits per heavy atom. The fourth-order valence-electron chi connectivity index (χ4n) is 4.35. The average Bonchev–Trinajstić information content (AvgIpc) is 2.95. The summed E-state index contributed by atoms with van der Waals surface area (Å²) in [5.74, 6) is 0.0837. The average molecular weight is 570 g/mol. The predicted octanol–water partition coefficient (Wildman–Crippen LogP) is 5.68. The molecular formula is C32H24ClOPSe. The Balaban J connectivity index is 1.96. The minimum atomic E-state index is -2.50. The quantitative estimate of drug-likeness (QED) is 0.140. The van der Waals surface area contributed by atoms with E-state index in [1.165, 1.54) is 20.4 Å². The molecule has 0 radical (unpaired) electrons. The van der Waals surface area contributed by atoms with Gasteiger partial charge in [-0.15, -0.1) is 0 Å². The summed E-state index contributed by atoms with van der Waals surface area (Å²) in [6.45, 7) is -2.50. The van der Waals surface area contributed by atoms with Crippen molar-refractivity contribution in [2.75, 3.05) is 0 Å². The standard InChI is InChI=1S/C32H24ClOPSe/c33-26-23-21-25(22-24-26)31(34)32(36-30-19-11-4-12-20-30)35(27-13-5-1-6-14-27,28-15-7-2-8-16-28)29-17-9-3-10-18-29/h1-24H. The van der Waals surface area contributed by atoms with Crippen molar-refractivity contribution in [3.63, 3.8) is 0 Å². The van der Waals surface area contributed by atoms with E-state index in [2.05, 4.69) is 97.1 Å². The van der Waals surface area contributed by atoms with Crippen LogP contribution >= 0.6 is 18.5 Å². The molecule has 0 atom stereocenters. The van der Waals surface area contributed by atoms with Crippen LogP contribution in [-0.4, -0.2) is 24.9 Å². The number of hydrogen-bond acceptors (Lipinski definition) is 1. The van der Waals surface area contributed by atoms with Gasteiger partial charge in [-0.25, -0.2) is 0 Å². The van der Waals surface area contributed by atoms with Gasteiger partial charge in [-0.05, 0) is 0 Å². The van der Waals surface area contributed by atoms with Crippen LogP contribution < -0.4 is 20.4 Å². The van der Waals surface area contributed by atoms with Crippen LogP contribution in [0.3, 0.4) is 0 Å². The third-order valence-corrected chi connectivity index (χ3v) is 14.3. The van der Waals surface area contributed by atoms with Crippen LogP contribution in [0.5, 0.6) is 0 Å². The summed E-state index contributed by atoms with van der Waals surface area (Å²) in [5, 5.41) is 4.16. The summed E-state index contributed by atoms with van der Waals surface area (Å²) in [6, 6.07) is 49.4. The molecule has 4 heteroatoms. The van der Waals surface area contributed by atoms with E-state index in [0.717, 1.165) is 4.19 Å². The molecule has 0 spiro atoms. The van der Waals surface area contributed by atoms with Gasteiger partial charge in [0.15, 0.2) is 0 Å². The molecule has 0 saturated heterocycles. The normalized spacial score (nSPS) is 11.1. The van der Waals surface area contributed by atoms with Gasteiger partial charge in [0.1, 0.15) is 0 Å². The number of hydrogen-bond donors (Lipinski definition) is 0. The minimum absolute atomic E-state index is 0.0837. The molecule has 0 bridgehead atoms. The summed E-state index contributed by atoms with van der Waals surface area (Å²) in [6.07, 6.45) is 0. The van der Waals surface area contributed by atoms with Gasteiger partial charge < -0.3 is 0 Å². The zero-order chi connectivity index (χ0) is 24.8. The fraction of sp³-hybridized carbons (Fsp3) is 0. The molecule has 0 amide bonds. The van der Waals surface area contributed by atoms with Gasteiger partial charge in [0, 0.05) is 0 Å². The van der Waals surface area contributed by atoms with Crippen LogP contribution in [0.2, 0.25) is 5.02 Å². The second-order valence-electron chi connectivity index (χ2n) is 8.23. The van der Waals surface area contributed by atoms with Crippen LogP contribution in [0.15, 0.2) is 146 Å². The summed E-state index contributed by atoms with van der Waals surface area (Å²) in [5.41, 5.74) is 0.666. The van der Waals surface area contributed by atoms with Gasteiger partial charge in [0.05, 0.1) is 0 Å². The molecule has 0 unspecified atom stereocenters. The molecule has 0 fully saturated rings. The molecule has 36 heavy (non-hydrogen) atoms. The van der Waals surface area contributed by atoms with Crippen molar-refractivity contribution in [1.82, 2.24) is 0 Å². The van der Waals surface area contributed by atoms with E-state index in [4.69, 9.17) is 11.6 Å². The second kappa shape index (κ2) is 11.3. The van der Waals surface area contributed by atoms with Crippen molar-refractivity contribution in [2.24, 2.45) is 0 Å². The maximum absolute atomic E-state index is 14.6. The Hall–Kier alpha value is -3.12. The van der Waals surface area contributed by atoms with E-state index in [-0.39, 0.29) is 20.7 Å². The molecule has 0 N–H and O–H groups in total. The fourth-order valence-corrected chi connectivity index (χ4v) is 13.4. The molecule has 0 saturated carbocycles. The Morgan fingerprint density at radius 3 is 1.33 bits per heavy atom. The molecule has 5 aromatic carbocycles. The molecule has 5 aromatic rings. The van der Waals surface area contributed by atoms with Gasteiger partial charge in [-0.1, -0.05) is 0 Å². The van der Waals surface area contributed by atoms with Crippen molar-refractivity contribution in [1.29, 1.82) is 0 Å². The molecule has 176 valence electrons. The van der Waals surface area contributed by atoms with E-state index >= 15 is 0 Å². The van der Waals surface area contributed by atoms with Crippen LogP contribution in [0.25, 0.3) is 0 Å². The zero-order valence-corrected chi connectivity index (χ0v) is 22.9. The van der Waals surface area contributed by atoms with Crippen molar-refractivity contribution in [3.8, 4) is 0 Å². The van der Waals surface area contributed by atoms with Gasteiger partial charge in [-0.3, -0.25) is 0 Å². The number of ketones is 1. The summed E-state index contributed by atoms with van der Waals surface area (Å²) in [7, 11) is 0. The SMILES string of the molecule is O=C(C([Se]c1ccccc1)=P(c1ccccc1)(c1ccccc1)c1ccccc1)c1ccc(Cl)cc1. The van der Waals surface area contributed by atoms with Crippen LogP contribution in [0, 0.1) is 0 Å². The number of halogens is 1. The summed E-state index contributed by atoms with van der Waals surface area (Å²) < 4.78 is 2.14. The first-order valence-electron chi connectivity index (χ1n) is 11.7. The maximum atomic E-state index is 14.6. The van der Waals surface area contributed by atoms with E-state index in [9.17, 15) is 4.79 Å². The van der Waals surface area contributed by atoms with Gasteiger partial charge in [0.2, 0.25) is 0 Å². The first kappa shape index (κ1) is 24.6. The Labute approximate surface area is 223 Å². The second-order valence-corrected chi connectivity index (χ2v) is 15.0. The van der Waals surface area contributed by atoms with Crippen molar-refractivity contribution in [3.05, 3.63) is 156 Å². The summed E-state index contributed by atoms with van der Waals surface area (Å²) in [4.78, 5) is 14.6. The molecule has 5 rings (SSSR count). The third kappa shape index (κ3) is 4.92. The van der Waals surface area contributed by atoms with E-state index in [0.29, 0.717) is 10.6 Å². The first-order valence-corrected chi connectivity index (χ1v) is 15.5. The van der Waals surface area contributed by atoms with Crippen molar-refractivity contribution >= 4 is 63.8 Å². The Kier molecular flexibility index (Phi) is 7.71. The zero-order valence-electron chi connectivity index (χ0n) is 19.5. The topological polar surface area (TPSA) is 17.1 Å². The van der Waals surface area contributed by atoms with Crippen LogP contribution in [0.1, 0.15) is 10.4 Å². The number of Topliss-reactive ketones (excluding diaryl/α,β-unsaturated/α-hetero) is 1. The Bertz CT molecular complexity index is 1400. The number of rotatable bonds is 7. The van der Waals surface area contributed by atoms with E-state index < -0.39 is 6.89 Å². The van der Waals surface area contributed by atoms with E-state index in [1.54, 1.807) is 12.1 Å². The first-order chi connectivity index (χ1) is 17.7. The van der Waals surface area contributed by atoms with Gasteiger partial charge >= 0.3 is 225 Å². The molecule has 0 aromatic heterocycles. The van der Waals surface area contributed by atoms with Crippen molar-refractivity contribution < 1.29 is 4.79 Å². The number of carbonyl (C=O) groups excluding carboxylic acids is 1. The molecule has 0 aliphatic rings. The molecule has 0 heterocycles. The van der Waals surface area contributed by atoms with Gasteiger partial charge in [0.25, 0.3) is 0 Å². The van der Waals surface area contributed by atoms with E-state index in [1.807, 2.05) is 36.4 Å². The predicted molar refractivity (Wildman–Crippen MR) is 158 cm³/mol. The molecular weight excluding hydrogens is 546 g/mol. The van der Waals surface area contributed by atoms with Crippen molar-refractivity contribution in [2.45, 2.75) is 0 Å². The number of carbonyl (C=O) groups is 1. The monoisotopic (exact) mass is 570 g/mol.